The smallest absolute Gasteiger partial charge is 0.161 e. The third kappa shape index (κ3) is 3.41. The zero-order chi connectivity index (χ0) is 19.9. The number of H-pyrrole nitrogens is 2. The van der Waals surface area contributed by atoms with Gasteiger partial charge in [-0.1, -0.05) is 18.2 Å². The maximum absolute atomic E-state index is 14.6. The van der Waals surface area contributed by atoms with E-state index in [1.54, 1.807) is 44.2 Å². The molecule has 2 aromatic heterocycles. The van der Waals surface area contributed by atoms with E-state index in [1.165, 1.54) is 18.2 Å². The topological polar surface area (TPSA) is 96.3 Å². The number of fused-ring (bicyclic) bond motifs is 1. The SMILES string of the molecule is CC(C)(N)c1nnc(-c2cc(F)c3[nH]nc(/C=C/c4ccc(F)cc4)c3c2)[nH]1. The van der Waals surface area contributed by atoms with Crippen LogP contribution in [0.5, 0.6) is 0 Å². The van der Waals surface area contributed by atoms with Crippen LogP contribution >= 0.6 is 0 Å². The molecule has 0 aliphatic carbocycles. The highest BCUT2D eigenvalue weighted by Gasteiger charge is 2.20. The van der Waals surface area contributed by atoms with Crippen molar-refractivity contribution >= 4 is 23.1 Å². The number of aromatic nitrogens is 5. The molecule has 0 aliphatic heterocycles. The number of rotatable bonds is 4. The van der Waals surface area contributed by atoms with Crippen molar-refractivity contribution in [2.24, 2.45) is 5.73 Å². The van der Waals surface area contributed by atoms with Crippen molar-refractivity contribution in [3.63, 3.8) is 0 Å². The Hall–Kier alpha value is -3.39. The van der Waals surface area contributed by atoms with Crippen LogP contribution in [0.1, 0.15) is 30.9 Å². The fourth-order valence-electron chi connectivity index (χ4n) is 2.79. The zero-order valence-electron chi connectivity index (χ0n) is 15.3. The Balaban J connectivity index is 1.74. The quantitative estimate of drug-likeness (QED) is 0.499. The van der Waals surface area contributed by atoms with Gasteiger partial charge in [0.05, 0.1) is 11.2 Å². The van der Waals surface area contributed by atoms with Crippen LogP contribution in [0, 0.1) is 11.6 Å². The highest BCUT2D eigenvalue weighted by Crippen LogP contribution is 2.27. The first kappa shape index (κ1) is 18.0. The standard InChI is InChI=1S/C20H18F2N6/c1-20(2,23)19-24-18(27-28-19)12-9-14-16(25-26-17(14)15(22)10-12)8-5-11-3-6-13(21)7-4-11/h3-10H,23H2,1-2H3,(H,25,26)(H,24,27,28)/b8-5+. The average Bonchev–Trinajstić information content (AvgIpc) is 3.28. The van der Waals surface area contributed by atoms with Crippen molar-refractivity contribution in [3.05, 3.63) is 65.1 Å². The molecule has 4 N–H and O–H groups in total. The molecule has 0 saturated heterocycles. The average molecular weight is 380 g/mol. The lowest BCUT2D eigenvalue weighted by Gasteiger charge is -2.13. The number of hydrogen-bond acceptors (Lipinski definition) is 4. The summed E-state index contributed by atoms with van der Waals surface area (Å²) in [6.07, 6.45) is 3.52. The number of nitrogens with zero attached hydrogens (tertiary/aromatic N) is 3. The summed E-state index contributed by atoms with van der Waals surface area (Å²) >= 11 is 0. The highest BCUT2D eigenvalue weighted by atomic mass is 19.1. The predicted molar refractivity (Wildman–Crippen MR) is 104 cm³/mol. The van der Waals surface area contributed by atoms with Gasteiger partial charge in [0.1, 0.15) is 23.0 Å². The van der Waals surface area contributed by atoms with Gasteiger partial charge in [0.25, 0.3) is 0 Å². The second-order valence-electron chi connectivity index (χ2n) is 7.12. The van der Waals surface area contributed by atoms with Gasteiger partial charge in [-0.05, 0) is 49.8 Å². The molecule has 6 nitrogen and oxygen atoms in total. The van der Waals surface area contributed by atoms with Crippen molar-refractivity contribution < 1.29 is 8.78 Å². The second kappa shape index (κ2) is 6.65. The largest absolute Gasteiger partial charge is 0.323 e. The Morgan fingerprint density at radius 2 is 1.79 bits per heavy atom. The summed E-state index contributed by atoms with van der Waals surface area (Å²) in [7, 11) is 0. The predicted octanol–water partition coefficient (Wildman–Crippen LogP) is 3.99. The number of hydrogen-bond donors (Lipinski definition) is 3. The summed E-state index contributed by atoms with van der Waals surface area (Å²) in [6, 6.07) is 9.19. The van der Waals surface area contributed by atoms with Gasteiger partial charge < -0.3 is 10.7 Å². The maximum Gasteiger partial charge on any atom is 0.161 e. The van der Waals surface area contributed by atoms with Gasteiger partial charge in [-0.25, -0.2) is 8.78 Å². The van der Waals surface area contributed by atoms with Crippen LogP contribution in [0.15, 0.2) is 36.4 Å². The Morgan fingerprint density at radius 1 is 1.04 bits per heavy atom. The molecular weight excluding hydrogens is 362 g/mol. The van der Waals surface area contributed by atoms with E-state index in [0.717, 1.165) is 5.56 Å². The van der Waals surface area contributed by atoms with Gasteiger partial charge >= 0.3 is 0 Å². The van der Waals surface area contributed by atoms with Crippen molar-refractivity contribution in [1.29, 1.82) is 0 Å². The number of benzene rings is 2. The Bertz CT molecular complexity index is 1170. The van der Waals surface area contributed by atoms with Gasteiger partial charge in [0.15, 0.2) is 5.82 Å². The van der Waals surface area contributed by atoms with E-state index < -0.39 is 11.4 Å². The molecule has 0 fully saturated rings. The summed E-state index contributed by atoms with van der Waals surface area (Å²) in [4.78, 5) is 3.04. The van der Waals surface area contributed by atoms with E-state index >= 15 is 0 Å². The van der Waals surface area contributed by atoms with E-state index in [4.69, 9.17) is 5.73 Å². The minimum atomic E-state index is -0.688. The van der Waals surface area contributed by atoms with Crippen molar-refractivity contribution in [3.8, 4) is 11.4 Å². The fraction of sp³-hybridized carbons (Fsp3) is 0.150. The van der Waals surface area contributed by atoms with Crippen LogP contribution in [0.3, 0.4) is 0 Å². The van der Waals surface area contributed by atoms with Gasteiger partial charge in [-0.2, -0.15) is 5.10 Å². The van der Waals surface area contributed by atoms with Crippen LogP contribution in [0.4, 0.5) is 8.78 Å². The molecule has 0 aliphatic rings. The molecule has 0 saturated carbocycles. The molecule has 2 aromatic carbocycles. The van der Waals surface area contributed by atoms with Crippen LogP contribution in [0.2, 0.25) is 0 Å². The van der Waals surface area contributed by atoms with Gasteiger partial charge in [0, 0.05) is 10.9 Å². The van der Waals surface area contributed by atoms with Crippen LogP contribution in [0.25, 0.3) is 34.4 Å². The fourth-order valence-corrected chi connectivity index (χ4v) is 2.79. The van der Waals surface area contributed by atoms with Crippen molar-refractivity contribution in [1.82, 2.24) is 25.4 Å². The molecule has 0 amide bonds. The molecule has 0 unspecified atom stereocenters. The molecular formula is C20H18F2N6. The summed E-state index contributed by atoms with van der Waals surface area (Å²) in [5.74, 6) is 0.170. The third-order valence-corrected chi connectivity index (χ3v) is 4.33. The van der Waals surface area contributed by atoms with Gasteiger partial charge in [-0.3, -0.25) is 5.10 Å². The van der Waals surface area contributed by atoms with E-state index in [-0.39, 0.29) is 5.82 Å². The van der Waals surface area contributed by atoms with E-state index in [1.807, 2.05) is 0 Å². The van der Waals surface area contributed by atoms with E-state index in [2.05, 4.69) is 25.4 Å². The van der Waals surface area contributed by atoms with Crippen molar-refractivity contribution in [2.75, 3.05) is 0 Å². The normalized spacial score (nSPS) is 12.3. The van der Waals surface area contributed by atoms with Crippen LogP contribution in [-0.4, -0.2) is 25.4 Å². The van der Waals surface area contributed by atoms with Gasteiger partial charge in [-0.15, -0.1) is 10.2 Å². The third-order valence-electron chi connectivity index (χ3n) is 4.33. The molecule has 0 bridgehead atoms. The molecule has 4 rings (SSSR count). The minimum absolute atomic E-state index is 0.293. The number of nitrogens with two attached hydrogens (primary N) is 1. The maximum atomic E-state index is 14.6. The lowest BCUT2D eigenvalue weighted by atomic mass is 10.1. The Kier molecular flexibility index (Phi) is 4.27. The molecule has 0 atom stereocenters. The first-order chi connectivity index (χ1) is 13.3. The number of halogens is 2. The minimum Gasteiger partial charge on any atom is -0.323 e. The zero-order valence-corrected chi connectivity index (χ0v) is 15.3. The highest BCUT2D eigenvalue weighted by molar-refractivity contribution is 5.92. The van der Waals surface area contributed by atoms with Gasteiger partial charge in [0.2, 0.25) is 0 Å². The summed E-state index contributed by atoms with van der Waals surface area (Å²) in [6.45, 7) is 3.60. The first-order valence-electron chi connectivity index (χ1n) is 8.65. The molecule has 0 spiro atoms. The van der Waals surface area contributed by atoms with Crippen LogP contribution in [-0.2, 0) is 5.54 Å². The molecule has 142 valence electrons. The summed E-state index contributed by atoms with van der Waals surface area (Å²) in [5.41, 5.74) is 7.52. The molecule has 28 heavy (non-hydrogen) atoms. The molecule has 8 heteroatoms. The lowest BCUT2D eigenvalue weighted by Crippen LogP contribution is -2.30. The Morgan fingerprint density at radius 3 is 2.46 bits per heavy atom. The Labute approximate surface area is 159 Å². The van der Waals surface area contributed by atoms with Crippen molar-refractivity contribution in [2.45, 2.75) is 19.4 Å². The lowest BCUT2D eigenvalue weighted by molar-refractivity contribution is 0.516. The monoisotopic (exact) mass is 380 g/mol. The van der Waals surface area contributed by atoms with E-state index in [0.29, 0.717) is 33.8 Å². The van der Waals surface area contributed by atoms with Crippen LogP contribution < -0.4 is 5.73 Å². The second-order valence-corrected chi connectivity index (χ2v) is 7.12. The summed E-state index contributed by atoms with van der Waals surface area (Å²) in [5, 5.41) is 15.6. The number of aromatic amines is 2. The molecule has 0 radical (unpaired) electrons. The number of nitrogens with one attached hydrogen (secondary N) is 2. The van der Waals surface area contributed by atoms with E-state index in [9.17, 15) is 8.78 Å². The summed E-state index contributed by atoms with van der Waals surface area (Å²) < 4.78 is 27.6. The first-order valence-corrected chi connectivity index (χ1v) is 8.65. The molecule has 4 aromatic rings. The molecule has 2 heterocycles.